The Balaban J connectivity index is 1.85. The molecule has 0 saturated heterocycles. The van der Waals surface area contributed by atoms with Crippen molar-refractivity contribution in [3.63, 3.8) is 0 Å². The van der Waals surface area contributed by atoms with E-state index in [0.717, 1.165) is 10.5 Å². The van der Waals surface area contributed by atoms with Gasteiger partial charge in [-0.1, -0.05) is 18.2 Å². The maximum Gasteiger partial charge on any atom is 0.279 e. The number of aromatic nitrogens is 1. The van der Waals surface area contributed by atoms with Gasteiger partial charge >= 0.3 is 0 Å². The zero-order chi connectivity index (χ0) is 19.1. The molecule has 2 aromatic heterocycles. The zero-order valence-corrected chi connectivity index (χ0v) is 14.7. The highest BCUT2D eigenvalue weighted by Crippen LogP contribution is 2.15. The van der Waals surface area contributed by atoms with Crippen LogP contribution in [-0.4, -0.2) is 28.8 Å². The Morgan fingerprint density at radius 1 is 1.11 bits per heavy atom. The largest absolute Gasteiger partial charge is 0.497 e. The summed E-state index contributed by atoms with van der Waals surface area (Å²) < 4.78 is 10.3. The number of methoxy groups -OCH3 is 1. The first-order valence-corrected chi connectivity index (χ1v) is 8.29. The molecule has 27 heavy (non-hydrogen) atoms. The minimum atomic E-state index is -0.472. The molecule has 2 amide bonds. The first-order chi connectivity index (χ1) is 13.2. The summed E-state index contributed by atoms with van der Waals surface area (Å²) in [6.07, 6.45) is 5.86. The van der Waals surface area contributed by atoms with Crippen LogP contribution in [-0.2, 0) is 11.3 Å². The number of carbonyl (C=O) groups is 2. The van der Waals surface area contributed by atoms with Crippen LogP contribution in [0, 0.1) is 0 Å². The molecule has 0 fully saturated rings. The molecule has 0 saturated carbocycles. The second-order valence-corrected chi connectivity index (χ2v) is 5.64. The molecule has 6 heteroatoms. The summed E-state index contributed by atoms with van der Waals surface area (Å²) in [5.41, 5.74) is 0.991. The van der Waals surface area contributed by atoms with Crippen LogP contribution in [0.3, 0.4) is 0 Å². The Morgan fingerprint density at radius 2 is 1.93 bits per heavy atom. The molecule has 1 aromatic carbocycles. The first-order valence-electron chi connectivity index (χ1n) is 8.29. The number of hydrogen-bond donors (Lipinski definition) is 0. The standard InChI is InChI=1S/C21H18N2O4/c1-26-17-9-7-16(8-10-17)15-23(21(25)19-6-2-3-13-22-19)20(24)12-11-18-5-4-14-27-18/h2-14H,15H2,1H3/b12-11+. The molecule has 0 aliphatic rings. The molecule has 3 aromatic rings. The van der Waals surface area contributed by atoms with Crippen molar-refractivity contribution in [2.45, 2.75) is 6.54 Å². The van der Waals surface area contributed by atoms with Crippen LogP contribution in [0.1, 0.15) is 21.8 Å². The molecule has 0 spiro atoms. The van der Waals surface area contributed by atoms with E-state index >= 15 is 0 Å². The number of ether oxygens (including phenoxy) is 1. The van der Waals surface area contributed by atoms with Crippen LogP contribution < -0.4 is 4.74 Å². The number of imide groups is 1. The van der Waals surface area contributed by atoms with Gasteiger partial charge in [-0.15, -0.1) is 0 Å². The third kappa shape index (κ3) is 4.70. The van der Waals surface area contributed by atoms with Crippen molar-refractivity contribution in [3.05, 3.63) is 90.2 Å². The number of amides is 2. The van der Waals surface area contributed by atoms with Gasteiger partial charge in [0.15, 0.2) is 0 Å². The van der Waals surface area contributed by atoms with Crippen LogP contribution in [0.4, 0.5) is 0 Å². The average Bonchev–Trinajstić information content (AvgIpc) is 3.24. The Morgan fingerprint density at radius 3 is 2.56 bits per heavy atom. The van der Waals surface area contributed by atoms with E-state index in [4.69, 9.17) is 9.15 Å². The third-order valence-electron chi connectivity index (χ3n) is 3.83. The van der Waals surface area contributed by atoms with Gasteiger partial charge in [-0.3, -0.25) is 19.5 Å². The van der Waals surface area contributed by atoms with E-state index in [0.29, 0.717) is 11.5 Å². The van der Waals surface area contributed by atoms with E-state index in [-0.39, 0.29) is 12.2 Å². The molecule has 0 atom stereocenters. The van der Waals surface area contributed by atoms with Gasteiger partial charge in [0, 0.05) is 12.3 Å². The summed E-state index contributed by atoms with van der Waals surface area (Å²) in [6, 6.07) is 15.6. The summed E-state index contributed by atoms with van der Waals surface area (Å²) in [4.78, 5) is 30.7. The van der Waals surface area contributed by atoms with E-state index in [1.165, 1.54) is 24.6 Å². The number of furan rings is 1. The maximum absolute atomic E-state index is 12.8. The lowest BCUT2D eigenvalue weighted by atomic mass is 10.2. The number of pyridine rings is 1. The Hall–Kier alpha value is -3.67. The predicted molar refractivity (Wildman–Crippen MR) is 99.9 cm³/mol. The summed E-state index contributed by atoms with van der Waals surface area (Å²) in [5, 5.41) is 0. The van der Waals surface area contributed by atoms with Gasteiger partial charge in [0.25, 0.3) is 11.8 Å². The maximum atomic E-state index is 12.8. The smallest absolute Gasteiger partial charge is 0.279 e. The molecular formula is C21H18N2O4. The highest BCUT2D eigenvalue weighted by Gasteiger charge is 2.22. The van der Waals surface area contributed by atoms with Crippen molar-refractivity contribution in [2.24, 2.45) is 0 Å². The molecule has 2 heterocycles. The summed E-state index contributed by atoms with van der Waals surface area (Å²) in [6.45, 7) is 0.112. The fourth-order valence-corrected chi connectivity index (χ4v) is 2.42. The van der Waals surface area contributed by atoms with Crippen LogP contribution >= 0.6 is 0 Å². The fraction of sp³-hybridized carbons (Fsp3) is 0.0952. The Bertz CT molecular complexity index is 917. The number of nitrogens with zero attached hydrogens (tertiary/aromatic N) is 2. The molecular weight excluding hydrogens is 344 g/mol. The molecule has 3 rings (SSSR count). The fourth-order valence-electron chi connectivity index (χ4n) is 2.42. The van der Waals surface area contributed by atoms with Crippen LogP contribution in [0.2, 0.25) is 0 Å². The zero-order valence-electron chi connectivity index (χ0n) is 14.7. The average molecular weight is 362 g/mol. The van der Waals surface area contributed by atoms with Crippen molar-refractivity contribution in [1.29, 1.82) is 0 Å². The van der Waals surface area contributed by atoms with E-state index in [1.807, 2.05) is 0 Å². The van der Waals surface area contributed by atoms with Crippen molar-refractivity contribution < 1.29 is 18.7 Å². The summed E-state index contributed by atoms with van der Waals surface area (Å²) in [7, 11) is 1.58. The highest BCUT2D eigenvalue weighted by molar-refractivity contribution is 6.08. The van der Waals surface area contributed by atoms with Crippen molar-refractivity contribution in [1.82, 2.24) is 9.88 Å². The first kappa shape index (κ1) is 18.1. The van der Waals surface area contributed by atoms with Gasteiger partial charge in [0.1, 0.15) is 17.2 Å². The lowest BCUT2D eigenvalue weighted by molar-refractivity contribution is -0.124. The molecule has 0 unspecified atom stereocenters. The normalized spacial score (nSPS) is 10.7. The molecule has 0 aliphatic carbocycles. The molecule has 0 N–H and O–H groups in total. The molecule has 0 bridgehead atoms. The van der Waals surface area contributed by atoms with E-state index in [1.54, 1.807) is 61.7 Å². The van der Waals surface area contributed by atoms with E-state index in [2.05, 4.69) is 4.98 Å². The van der Waals surface area contributed by atoms with Gasteiger partial charge in [0.2, 0.25) is 0 Å². The van der Waals surface area contributed by atoms with Gasteiger partial charge in [-0.05, 0) is 48.0 Å². The second-order valence-electron chi connectivity index (χ2n) is 5.64. The monoisotopic (exact) mass is 362 g/mol. The lowest BCUT2D eigenvalue weighted by Gasteiger charge is -2.19. The quantitative estimate of drug-likeness (QED) is 0.627. The van der Waals surface area contributed by atoms with Gasteiger partial charge in [-0.2, -0.15) is 0 Å². The van der Waals surface area contributed by atoms with Crippen LogP contribution in [0.15, 0.2) is 77.6 Å². The number of rotatable bonds is 6. The van der Waals surface area contributed by atoms with Crippen LogP contribution in [0.5, 0.6) is 5.75 Å². The van der Waals surface area contributed by atoms with Gasteiger partial charge in [-0.25, -0.2) is 0 Å². The third-order valence-corrected chi connectivity index (χ3v) is 3.83. The SMILES string of the molecule is COc1ccc(CN(C(=O)/C=C/c2ccco2)C(=O)c2ccccn2)cc1. The molecule has 136 valence electrons. The number of carbonyl (C=O) groups excluding carboxylic acids is 2. The molecule has 6 nitrogen and oxygen atoms in total. The van der Waals surface area contributed by atoms with E-state index < -0.39 is 11.8 Å². The lowest BCUT2D eigenvalue weighted by Crippen LogP contribution is -2.35. The Labute approximate surface area is 156 Å². The van der Waals surface area contributed by atoms with E-state index in [9.17, 15) is 9.59 Å². The Kier molecular flexibility index (Phi) is 5.79. The van der Waals surface area contributed by atoms with Crippen molar-refractivity contribution in [3.8, 4) is 5.75 Å². The topological polar surface area (TPSA) is 72.6 Å². The highest BCUT2D eigenvalue weighted by atomic mass is 16.5. The predicted octanol–water partition coefficient (Wildman–Crippen LogP) is 3.57. The van der Waals surface area contributed by atoms with Crippen LogP contribution in [0.25, 0.3) is 6.08 Å². The molecule has 0 aliphatic heterocycles. The second kappa shape index (κ2) is 8.62. The van der Waals surface area contributed by atoms with Crippen molar-refractivity contribution in [2.75, 3.05) is 7.11 Å². The number of benzene rings is 1. The van der Waals surface area contributed by atoms with Gasteiger partial charge < -0.3 is 9.15 Å². The summed E-state index contributed by atoms with van der Waals surface area (Å²) >= 11 is 0. The molecule has 0 radical (unpaired) electrons. The summed E-state index contributed by atoms with van der Waals surface area (Å²) in [5.74, 6) is 0.293. The minimum Gasteiger partial charge on any atom is -0.497 e. The minimum absolute atomic E-state index is 0.112. The van der Waals surface area contributed by atoms with Crippen molar-refractivity contribution >= 4 is 17.9 Å². The van der Waals surface area contributed by atoms with Gasteiger partial charge in [0.05, 0.1) is 19.9 Å². The number of hydrogen-bond acceptors (Lipinski definition) is 5.